The fourth-order valence-electron chi connectivity index (χ4n) is 2.57. The molecule has 0 aromatic rings. The number of carbonyl (C=O) groups excluding carboxylic acids is 2. The van der Waals surface area contributed by atoms with Gasteiger partial charge in [-0.25, -0.2) is 0 Å². The van der Waals surface area contributed by atoms with E-state index in [1.165, 1.54) is 0 Å². The van der Waals surface area contributed by atoms with E-state index in [4.69, 9.17) is 9.47 Å². The Balaban J connectivity index is 1.79. The summed E-state index contributed by atoms with van der Waals surface area (Å²) < 4.78 is 10.4. The second-order valence-corrected chi connectivity index (χ2v) is 4.85. The molecule has 0 N–H and O–H groups in total. The highest BCUT2D eigenvalue weighted by molar-refractivity contribution is 5.81. The van der Waals surface area contributed by atoms with E-state index in [0.29, 0.717) is 39.1 Å². The summed E-state index contributed by atoms with van der Waals surface area (Å²) in [5, 5.41) is 0. The third-order valence-electron chi connectivity index (χ3n) is 3.63. The number of hydrogen-bond donors (Lipinski definition) is 0. The molecule has 5 heteroatoms. The molecule has 0 bridgehead atoms. The normalized spacial score (nSPS) is 25.2. The van der Waals surface area contributed by atoms with Crippen LogP contribution in [0.5, 0.6) is 0 Å². The standard InChI is InChI=1S/C13H21NO4/c1-2-17-13(16)10-5-7-14(8-6-10)12(15)11-4-3-9-18-11/h10-11H,2-9H2,1H3/t11-/m0/s1. The lowest BCUT2D eigenvalue weighted by atomic mass is 9.96. The fraction of sp³-hybridized carbons (Fsp3) is 0.846. The minimum Gasteiger partial charge on any atom is -0.466 e. The van der Waals surface area contributed by atoms with Crippen molar-refractivity contribution >= 4 is 11.9 Å². The minimum atomic E-state index is -0.246. The van der Waals surface area contributed by atoms with E-state index in [-0.39, 0.29) is 23.9 Å². The van der Waals surface area contributed by atoms with Gasteiger partial charge in [0.15, 0.2) is 0 Å². The Kier molecular flexibility index (Phi) is 4.58. The lowest BCUT2D eigenvalue weighted by molar-refractivity contribution is -0.152. The number of rotatable bonds is 3. The van der Waals surface area contributed by atoms with Crippen LogP contribution in [0.15, 0.2) is 0 Å². The molecule has 1 atom stereocenters. The van der Waals surface area contributed by atoms with Crippen LogP contribution in [0.1, 0.15) is 32.6 Å². The molecule has 5 nitrogen and oxygen atoms in total. The van der Waals surface area contributed by atoms with Crippen LogP contribution in [0, 0.1) is 5.92 Å². The number of esters is 1. The molecule has 0 unspecified atom stereocenters. The van der Waals surface area contributed by atoms with Gasteiger partial charge < -0.3 is 14.4 Å². The van der Waals surface area contributed by atoms with Gasteiger partial charge in [0.05, 0.1) is 12.5 Å². The average Bonchev–Trinajstić information content (AvgIpc) is 2.92. The first-order valence-corrected chi connectivity index (χ1v) is 6.79. The van der Waals surface area contributed by atoms with Gasteiger partial charge in [0, 0.05) is 19.7 Å². The van der Waals surface area contributed by atoms with Gasteiger partial charge in [-0.3, -0.25) is 9.59 Å². The minimum absolute atomic E-state index is 0.0431. The Labute approximate surface area is 107 Å². The molecule has 0 spiro atoms. The van der Waals surface area contributed by atoms with Crippen molar-refractivity contribution in [3.63, 3.8) is 0 Å². The molecule has 102 valence electrons. The maximum absolute atomic E-state index is 12.1. The summed E-state index contributed by atoms with van der Waals surface area (Å²) in [5.41, 5.74) is 0. The summed E-state index contributed by atoms with van der Waals surface area (Å²) in [6.07, 6.45) is 2.96. The molecule has 1 amide bonds. The van der Waals surface area contributed by atoms with Crippen LogP contribution in [0.3, 0.4) is 0 Å². The van der Waals surface area contributed by atoms with Gasteiger partial charge in [-0.2, -0.15) is 0 Å². The molecule has 2 fully saturated rings. The molecule has 0 aromatic heterocycles. The van der Waals surface area contributed by atoms with E-state index < -0.39 is 0 Å². The third kappa shape index (κ3) is 3.02. The van der Waals surface area contributed by atoms with Crippen molar-refractivity contribution in [2.45, 2.75) is 38.7 Å². The highest BCUT2D eigenvalue weighted by Gasteiger charge is 2.32. The maximum Gasteiger partial charge on any atom is 0.309 e. The Morgan fingerprint density at radius 1 is 1.28 bits per heavy atom. The monoisotopic (exact) mass is 255 g/mol. The number of amides is 1. The quantitative estimate of drug-likeness (QED) is 0.705. The summed E-state index contributed by atoms with van der Waals surface area (Å²) in [6.45, 7) is 4.21. The van der Waals surface area contributed by atoms with E-state index in [1.54, 1.807) is 0 Å². The zero-order valence-electron chi connectivity index (χ0n) is 10.9. The van der Waals surface area contributed by atoms with E-state index in [1.807, 2.05) is 11.8 Å². The first-order chi connectivity index (χ1) is 8.72. The second-order valence-electron chi connectivity index (χ2n) is 4.85. The molecular weight excluding hydrogens is 234 g/mol. The van der Waals surface area contributed by atoms with E-state index in [0.717, 1.165) is 12.8 Å². The zero-order chi connectivity index (χ0) is 13.0. The number of hydrogen-bond acceptors (Lipinski definition) is 4. The Morgan fingerprint density at radius 2 is 2.00 bits per heavy atom. The molecule has 2 aliphatic heterocycles. The van der Waals surface area contributed by atoms with Crippen molar-refractivity contribution in [1.29, 1.82) is 0 Å². The van der Waals surface area contributed by atoms with E-state index in [9.17, 15) is 9.59 Å². The summed E-state index contributed by atoms with van der Waals surface area (Å²) in [7, 11) is 0. The third-order valence-corrected chi connectivity index (χ3v) is 3.63. The van der Waals surface area contributed by atoms with Crippen molar-refractivity contribution in [1.82, 2.24) is 4.90 Å². The summed E-state index contributed by atoms with van der Waals surface area (Å²) in [5.74, 6) is -0.0741. The van der Waals surface area contributed by atoms with E-state index in [2.05, 4.69) is 0 Å². The van der Waals surface area contributed by atoms with Crippen LogP contribution in [0.2, 0.25) is 0 Å². The highest BCUT2D eigenvalue weighted by Crippen LogP contribution is 2.22. The smallest absolute Gasteiger partial charge is 0.309 e. The molecule has 0 aliphatic carbocycles. The summed E-state index contributed by atoms with van der Waals surface area (Å²) in [4.78, 5) is 25.5. The zero-order valence-corrected chi connectivity index (χ0v) is 10.9. The second kappa shape index (κ2) is 6.18. The van der Waals surface area contributed by atoms with Gasteiger partial charge in [-0.1, -0.05) is 0 Å². The number of ether oxygens (including phenoxy) is 2. The molecule has 2 aliphatic rings. The average molecular weight is 255 g/mol. The molecule has 18 heavy (non-hydrogen) atoms. The lowest BCUT2D eigenvalue weighted by Crippen LogP contribution is -2.45. The summed E-state index contributed by atoms with van der Waals surface area (Å²) >= 11 is 0. The van der Waals surface area contributed by atoms with Crippen molar-refractivity contribution in [3.05, 3.63) is 0 Å². The maximum atomic E-state index is 12.1. The molecular formula is C13H21NO4. The predicted molar refractivity (Wildman–Crippen MR) is 64.9 cm³/mol. The number of nitrogens with zero attached hydrogens (tertiary/aromatic N) is 1. The Hall–Kier alpha value is -1.10. The summed E-state index contributed by atoms with van der Waals surface area (Å²) in [6, 6.07) is 0. The SMILES string of the molecule is CCOC(=O)C1CCN(C(=O)[C@@H]2CCCO2)CC1. The van der Waals surface area contributed by atoms with Crippen LogP contribution in [0.25, 0.3) is 0 Å². The van der Waals surface area contributed by atoms with Crippen molar-refractivity contribution in [2.24, 2.45) is 5.92 Å². The molecule has 0 aromatic carbocycles. The van der Waals surface area contributed by atoms with Gasteiger partial charge in [0.1, 0.15) is 6.10 Å². The molecule has 2 saturated heterocycles. The van der Waals surface area contributed by atoms with Crippen LogP contribution >= 0.6 is 0 Å². The number of likely N-dealkylation sites (tertiary alicyclic amines) is 1. The molecule has 2 heterocycles. The van der Waals surface area contributed by atoms with Gasteiger partial charge in [-0.05, 0) is 32.6 Å². The van der Waals surface area contributed by atoms with Crippen molar-refractivity contribution < 1.29 is 19.1 Å². The van der Waals surface area contributed by atoms with Crippen molar-refractivity contribution in [2.75, 3.05) is 26.3 Å². The topological polar surface area (TPSA) is 55.8 Å². The molecule has 0 radical (unpaired) electrons. The largest absolute Gasteiger partial charge is 0.466 e. The van der Waals surface area contributed by atoms with Gasteiger partial charge in [-0.15, -0.1) is 0 Å². The fourth-order valence-corrected chi connectivity index (χ4v) is 2.57. The van der Waals surface area contributed by atoms with Crippen LogP contribution in [-0.2, 0) is 19.1 Å². The molecule has 0 saturated carbocycles. The van der Waals surface area contributed by atoms with Gasteiger partial charge in [0.25, 0.3) is 5.91 Å². The van der Waals surface area contributed by atoms with E-state index >= 15 is 0 Å². The Morgan fingerprint density at radius 3 is 2.56 bits per heavy atom. The Bertz CT molecular complexity index is 304. The van der Waals surface area contributed by atoms with Gasteiger partial charge >= 0.3 is 5.97 Å². The van der Waals surface area contributed by atoms with Crippen molar-refractivity contribution in [3.8, 4) is 0 Å². The lowest BCUT2D eigenvalue weighted by Gasteiger charge is -2.32. The van der Waals surface area contributed by atoms with Crippen LogP contribution in [-0.4, -0.2) is 49.2 Å². The predicted octanol–water partition coefficient (Wildman–Crippen LogP) is 0.967. The number of carbonyl (C=O) groups is 2. The first-order valence-electron chi connectivity index (χ1n) is 6.79. The first kappa shape index (κ1) is 13.3. The van der Waals surface area contributed by atoms with Crippen LogP contribution in [0.4, 0.5) is 0 Å². The van der Waals surface area contributed by atoms with Gasteiger partial charge in [0.2, 0.25) is 0 Å². The number of piperidine rings is 1. The van der Waals surface area contributed by atoms with Crippen LogP contribution < -0.4 is 0 Å². The molecule has 2 rings (SSSR count). The highest BCUT2D eigenvalue weighted by atomic mass is 16.5.